The monoisotopic (exact) mass is 482 g/mol. The van der Waals surface area contributed by atoms with Gasteiger partial charge in [0.15, 0.2) is 11.5 Å². The second kappa shape index (κ2) is 11.8. The predicted octanol–water partition coefficient (Wildman–Crippen LogP) is 3.61. The largest absolute Gasteiger partial charge is 0.493 e. The molecule has 9 heteroatoms. The molecule has 1 aliphatic rings. The summed E-state index contributed by atoms with van der Waals surface area (Å²) in [6.45, 7) is 10.6. The van der Waals surface area contributed by atoms with Gasteiger partial charge in [0.05, 0.1) is 30.6 Å². The Balaban J connectivity index is 1.88. The van der Waals surface area contributed by atoms with E-state index >= 15 is 0 Å². The van der Waals surface area contributed by atoms with Gasteiger partial charge in [-0.2, -0.15) is 0 Å². The molecule has 1 heterocycles. The molecule has 0 aliphatic heterocycles. The van der Waals surface area contributed by atoms with E-state index in [-0.39, 0.29) is 17.3 Å². The molecule has 1 N–H and O–H groups in total. The van der Waals surface area contributed by atoms with Crippen molar-refractivity contribution in [3.63, 3.8) is 0 Å². The predicted molar refractivity (Wildman–Crippen MR) is 135 cm³/mol. The maximum Gasteiger partial charge on any atom is 0.204 e. The molecule has 1 aliphatic carbocycles. The number of benzene rings is 1. The topological polar surface area (TPSA) is 103 Å². The number of rotatable bonds is 12. The lowest BCUT2D eigenvalue weighted by Gasteiger charge is -2.30. The second-order valence-electron chi connectivity index (χ2n) is 9.22. The van der Waals surface area contributed by atoms with Crippen molar-refractivity contribution in [3.8, 4) is 11.5 Å². The highest BCUT2D eigenvalue weighted by atomic mass is 16.5. The van der Waals surface area contributed by atoms with Gasteiger partial charge in [0.2, 0.25) is 11.6 Å². The number of carbonyl (C=O) groups excluding carboxylic acids is 2. The number of ether oxygens (including phenoxy) is 3. The van der Waals surface area contributed by atoms with Crippen molar-refractivity contribution in [1.82, 2.24) is 14.9 Å². The van der Waals surface area contributed by atoms with Crippen molar-refractivity contribution in [3.05, 3.63) is 42.0 Å². The van der Waals surface area contributed by atoms with Crippen molar-refractivity contribution in [2.45, 2.75) is 27.7 Å². The highest BCUT2D eigenvalue weighted by Crippen LogP contribution is 2.34. The zero-order valence-corrected chi connectivity index (χ0v) is 21.3. The summed E-state index contributed by atoms with van der Waals surface area (Å²) >= 11 is 0. The minimum Gasteiger partial charge on any atom is -0.493 e. The van der Waals surface area contributed by atoms with E-state index in [4.69, 9.17) is 14.2 Å². The molecule has 0 radical (unpaired) electrons. The van der Waals surface area contributed by atoms with E-state index in [0.717, 1.165) is 0 Å². The Hall–Kier alpha value is -3.46. The lowest BCUT2D eigenvalue weighted by Crippen LogP contribution is -2.36. The number of ketones is 2. The van der Waals surface area contributed by atoms with Gasteiger partial charge < -0.3 is 24.4 Å². The molecule has 0 unspecified atom stereocenters. The summed E-state index contributed by atoms with van der Waals surface area (Å²) in [5.41, 5.74) is 1.18. The summed E-state index contributed by atoms with van der Waals surface area (Å²) in [5.74, 6) is 1.62. The average molecular weight is 483 g/mol. The number of hydrogen-bond donors (Lipinski definition) is 1. The van der Waals surface area contributed by atoms with Crippen LogP contribution in [0.25, 0.3) is 10.9 Å². The van der Waals surface area contributed by atoms with Crippen molar-refractivity contribution in [2.75, 3.05) is 45.8 Å². The van der Waals surface area contributed by atoms with Gasteiger partial charge in [-0.1, -0.05) is 27.7 Å². The third kappa shape index (κ3) is 6.57. The van der Waals surface area contributed by atoms with E-state index in [2.05, 4.69) is 43.0 Å². The molecule has 0 saturated heterocycles. The molecule has 0 saturated carbocycles. The van der Waals surface area contributed by atoms with Crippen LogP contribution in [0.3, 0.4) is 0 Å². The van der Waals surface area contributed by atoms with E-state index in [0.29, 0.717) is 72.1 Å². The number of nitrogens with one attached hydrogen (secondary N) is 1. The molecule has 188 valence electrons. The summed E-state index contributed by atoms with van der Waals surface area (Å²) in [6.07, 6.45) is 4.15. The highest BCUT2D eigenvalue weighted by Gasteiger charge is 2.26. The van der Waals surface area contributed by atoms with Gasteiger partial charge in [0.25, 0.3) is 0 Å². The van der Waals surface area contributed by atoms with Gasteiger partial charge in [-0.05, 0) is 17.9 Å². The normalized spacial score (nSPS) is 13.8. The smallest absolute Gasteiger partial charge is 0.204 e. The Morgan fingerprint density at radius 2 is 1.63 bits per heavy atom. The van der Waals surface area contributed by atoms with Crippen molar-refractivity contribution < 1.29 is 23.8 Å². The van der Waals surface area contributed by atoms with Crippen LogP contribution >= 0.6 is 0 Å². The molecule has 9 nitrogen and oxygen atoms in total. The summed E-state index contributed by atoms with van der Waals surface area (Å²) in [7, 11) is 3.14. The van der Waals surface area contributed by atoms with Crippen LogP contribution < -0.4 is 14.8 Å². The molecule has 0 amide bonds. The molecular formula is C26H34N4O5. The number of fused-ring (bicyclic) bond motifs is 1. The number of methoxy groups -OCH3 is 2. The summed E-state index contributed by atoms with van der Waals surface area (Å²) in [5, 5.41) is 3.65. The number of anilines is 1. The fraction of sp³-hybridized carbons (Fsp3) is 0.462. The van der Waals surface area contributed by atoms with Gasteiger partial charge in [-0.15, -0.1) is 0 Å². The van der Waals surface area contributed by atoms with Gasteiger partial charge >= 0.3 is 0 Å². The molecule has 0 spiro atoms. The molecule has 3 rings (SSSR count). The fourth-order valence-corrected chi connectivity index (χ4v) is 3.85. The molecule has 0 bridgehead atoms. The van der Waals surface area contributed by atoms with Gasteiger partial charge in [-0.3, -0.25) is 9.59 Å². The maximum atomic E-state index is 13.0. The third-order valence-electron chi connectivity index (χ3n) is 5.29. The van der Waals surface area contributed by atoms with E-state index in [1.165, 1.54) is 18.5 Å². The number of nitrogens with zero attached hydrogens (tertiary/aromatic N) is 3. The number of aromatic nitrogens is 2. The molecular weight excluding hydrogens is 448 g/mol. The maximum absolute atomic E-state index is 13.0. The minimum atomic E-state index is -0.282. The average Bonchev–Trinajstić information content (AvgIpc) is 2.80. The molecule has 0 atom stereocenters. The minimum absolute atomic E-state index is 0.159. The first-order valence-electron chi connectivity index (χ1n) is 11.7. The van der Waals surface area contributed by atoms with Gasteiger partial charge in [0, 0.05) is 43.8 Å². The first kappa shape index (κ1) is 26.2. The molecule has 35 heavy (non-hydrogen) atoms. The van der Waals surface area contributed by atoms with E-state index < -0.39 is 0 Å². The van der Waals surface area contributed by atoms with Crippen LogP contribution in [-0.2, 0) is 14.3 Å². The highest BCUT2D eigenvalue weighted by molar-refractivity contribution is 6.21. The first-order valence-corrected chi connectivity index (χ1v) is 11.7. The SMILES string of the molecule is COCCOc1cc2ncnc(NC3=CC(=O)C(N(CC(C)C)CC(C)C)=CC3=O)c2cc1OC. The Morgan fingerprint density at radius 3 is 2.26 bits per heavy atom. The number of carbonyl (C=O) groups is 2. The molecule has 0 fully saturated rings. The fourth-order valence-electron chi connectivity index (χ4n) is 3.85. The van der Waals surface area contributed by atoms with Gasteiger partial charge in [0.1, 0.15) is 18.8 Å². The lowest BCUT2D eigenvalue weighted by atomic mass is 10.0. The lowest BCUT2D eigenvalue weighted by molar-refractivity contribution is -0.116. The molecule has 1 aromatic carbocycles. The molecule has 1 aromatic heterocycles. The Bertz CT molecular complexity index is 1130. The van der Waals surface area contributed by atoms with Crippen molar-refractivity contribution in [1.29, 1.82) is 0 Å². The zero-order chi connectivity index (χ0) is 25.5. The first-order chi connectivity index (χ1) is 16.7. The van der Waals surface area contributed by atoms with Crippen molar-refractivity contribution in [2.24, 2.45) is 11.8 Å². The Morgan fingerprint density at radius 1 is 0.914 bits per heavy atom. The number of hydrogen-bond acceptors (Lipinski definition) is 9. The van der Waals surface area contributed by atoms with E-state index in [1.807, 2.05) is 4.90 Å². The standard InChI is InChI=1S/C26H34N4O5/c1-16(2)13-30(14-17(3)4)21-12-22(31)20(10-23(21)32)29-26-18-9-24(34-6)25(35-8-7-33-5)11-19(18)27-15-28-26/h9-12,15-17H,7-8,13-14H2,1-6H3,(H,27,28,29). The van der Waals surface area contributed by atoms with E-state index in [9.17, 15) is 9.59 Å². The Kier molecular flexibility index (Phi) is 8.81. The van der Waals surface area contributed by atoms with Crippen molar-refractivity contribution >= 4 is 28.3 Å². The van der Waals surface area contributed by atoms with Gasteiger partial charge in [-0.25, -0.2) is 9.97 Å². The summed E-state index contributed by atoms with van der Waals surface area (Å²) < 4.78 is 16.2. The van der Waals surface area contributed by atoms with Crippen LogP contribution in [0.2, 0.25) is 0 Å². The molecule has 2 aromatic rings. The van der Waals surface area contributed by atoms with Crippen LogP contribution in [0.1, 0.15) is 27.7 Å². The summed E-state index contributed by atoms with van der Waals surface area (Å²) in [4.78, 5) is 36.6. The Labute approximate surface area is 206 Å². The second-order valence-corrected chi connectivity index (χ2v) is 9.22. The van der Waals surface area contributed by atoms with Crippen LogP contribution in [0.4, 0.5) is 5.82 Å². The van der Waals surface area contributed by atoms with Crippen LogP contribution in [-0.4, -0.2) is 67.0 Å². The van der Waals surface area contributed by atoms with Crippen LogP contribution in [0.5, 0.6) is 11.5 Å². The zero-order valence-electron chi connectivity index (χ0n) is 21.3. The number of allylic oxidation sites excluding steroid dienone is 2. The third-order valence-corrected chi connectivity index (χ3v) is 5.29. The van der Waals surface area contributed by atoms with Crippen LogP contribution in [0.15, 0.2) is 42.0 Å². The van der Waals surface area contributed by atoms with Crippen LogP contribution in [0, 0.1) is 11.8 Å². The van der Waals surface area contributed by atoms with E-state index in [1.54, 1.807) is 26.4 Å². The summed E-state index contributed by atoms with van der Waals surface area (Å²) in [6, 6.07) is 3.48. The quantitative estimate of drug-likeness (QED) is 0.359.